The van der Waals surface area contributed by atoms with Gasteiger partial charge in [0.05, 0.1) is 12.9 Å². The average Bonchev–Trinajstić information content (AvgIpc) is 3.12. The van der Waals surface area contributed by atoms with Crippen molar-refractivity contribution in [1.82, 2.24) is 9.62 Å². The second kappa shape index (κ2) is 8.74. The fourth-order valence-corrected chi connectivity index (χ4v) is 4.59. The maximum Gasteiger partial charge on any atom is 0.211 e. The Balaban J connectivity index is 1.64. The monoisotopic (exact) mass is 390 g/mol. The minimum atomic E-state index is -3.22. The highest BCUT2D eigenvalue weighted by Gasteiger charge is 2.42. The molecule has 6 heteroatoms. The summed E-state index contributed by atoms with van der Waals surface area (Å²) in [7, 11) is -1.63. The Labute approximate surface area is 163 Å². The quantitative estimate of drug-likeness (QED) is 0.728. The number of benzene rings is 1. The molecule has 148 valence electrons. The normalized spacial score (nSPS) is 25.9. The Kier molecular flexibility index (Phi) is 6.59. The lowest BCUT2D eigenvalue weighted by Crippen LogP contribution is -2.64. The molecule has 1 saturated carbocycles. The van der Waals surface area contributed by atoms with E-state index < -0.39 is 10.0 Å². The number of hydrogen-bond acceptors (Lipinski definition) is 4. The number of nitrogens with one attached hydrogen (secondary N) is 1. The molecule has 0 bridgehead atoms. The number of sulfonamides is 1. The van der Waals surface area contributed by atoms with Gasteiger partial charge in [-0.2, -0.15) is 0 Å². The third-order valence-corrected chi connectivity index (χ3v) is 7.19. The largest absolute Gasteiger partial charge is 0.395 e. The molecule has 0 unspecified atom stereocenters. The predicted octanol–water partition coefficient (Wildman–Crippen LogP) is 1.93. The van der Waals surface area contributed by atoms with Crippen LogP contribution >= 0.6 is 0 Å². The van der Waals surface area contributed by atoms with Gasteiger partial charge in [0, 0.05) is 43.6 Å². The standard InChI is InChI=1S/C21H30N2O3S/c1-23(27(2,25)26)14-19-21(20(15-24)22-19)18-12-10-17(11-13-18)9-5-8-16-6-3-4-7-16/h10-13,16,19-22,24H,3-4,6-8,14-15H2,1-2H3/t19-,20+,21+/m0/s1. The summed E-state index contributed by atoms with van der Waals surface area (Å²) >= 11 is 0. The molecule has 5 nitrogen and oxygen atoms in total. The van der Waals surface area contributed by atoms with E-state index in [2.05, 4.69) is 29.3 Å². The molecule has 2 fully saturated rings. The van der Waals surface area contributed by atoms with E-state index in [-0.39, 0.29) is 24.6 Å². The van der Waals surface area contributed by atoms with Gasteiger partial charge in [0.25, 0.3) is 0 Å². The topological polar surface area (TPSA) is 69.6 Å². The Bertz CT molecular complexity index is 789. The maximum absolute atomic E-state index is 11.7. The van der Waals surface area contributed by atoms with Crippen LogP contribution in [0.4, 0.5) is 0 Å². The van der Waals surface area contributed by atoms with E-state index >= 15 is 0 Å². The number of rotatable bonds is 6. The number of likely N-dealkylation sites (N-methyl/N-ethyl adjacent to an activating group) is 1. The van der Waals surface area contributed by atoms with Gasteiger partial charge in [-0.25, -0.2) is 12.7 Å². The minimum absolute atomic E-state index is 0.00109. The second-order valence-corrected chi connectivity index (χ2v) is 10.00. The van der Waals surface area contributed by atoms with Crippen LogP contribution in [0.25, 0.3) is 0 Å². The SMILES string of the molecule is CN(C[C@@H]1N[C@H](CO)[C@@H]1c1ccc(C#CCC2CCCC2)cc1)S(C)(=O)=O. The van der Waals surface area contributed by atoms with E-state index in [0.717, 1.165) is 23.5 Å². The Morgan fingerprint density at radius 3 is 2.44 bits per heavy atom. The van der Waals surface area contributed by atoms with Gasteiger partial charge in [-0.3, -0.25) is 0 Å². The molecule has 1 aliphatic carbocycles. The van der Waals surface area contributed by atoms with Crippen molar-refractivity contribution >= 4 is 10.0 Å². The number of nitrogens with zero attached hydrogens (tertiary/aromatic N) is 1. The summed E-state index contributed by atoms with van der Waals surface area (Å²) in [5.74, 6) is 7.45. The van der Waals surface area contributed by atoms with E-state index in [1.165, 1.54) is 36.2 Å². The van der Waals surface area contributed by atoms with Gasteiger partial charge < -0.3 is 10.4 Å². The molecule has 1 aromatic carbocycles. The smallest absolute Gasteiger partial charge is 0.211 e. The van der Waals surface area contributed by atoms with E-state index in [4.69, 9.17) is 0 Å². The predicted molar refractivity (Wildman–Crippen MR) is 108 cm³/mol. The van der Waals surface area contributed by atoms with Gasteiger partial charge in [-0.1, -0.05) is 36.8 Å². The lowest BCUT2D eigenvalue weighted by atomic mass is 9.77. The minimum Gasteiger partial charge on any atom is -0.395 e. The van der Waals surface area contributed by atoms with E-state index in [1.807, 2.05) is 12.1 Å². The lowest BCUT2D eigenvalue weighted by Gasteiger charge is -2.47. The van der Waals surface area contributed by atoms with Crippen LogP contribution in [0.1, 0.15) is 49.1 Å². The van der Waals surface area contributed by atoms with Gasteiger partial charge in [0.1, 0.15) is 0 Å². The summed E-state index contributed by atoms with van der Waals surface area (Å²) in [5.41, 5.74) is 2.12. The summed E-state index contributed by atoms with van der Waals surface area (Å²) in [6, 6.07) is 8.13. The van der Waals surface area contributed by atoms with Crippen molar-refractivity contribution in [2.45, 2.75) is 50.1 Å². The fraction of sp³-hybridized carbons (Fsp3) is 0.619. The van der Waals surface area contributed by atoms with Gasteiger partial charge in [0.15, 0.2) is 0 Å². The zero-order chi connectivity index (χ0) is 19.4. The molecule has 0 amide bonds. The first-order valence-corrected chi connectivity index (χ1v) is 11.6. The summed E-state index contributed by atoms with van der Waals surface area (Å²) in [6.45, 7) is 0.426. The van der Waals surface area contributed by atoms with Crippen LogP contribution in [0.15, 0.2) is 24.3 Å². The second-order valence-electron chi connectivity index (χ2n) is 7.91. The van der Waals surface area contributed by atoms with Crippen molar-refractivity contribution in [3.8, 4) is 11.8 Å². The maximum atomic E-state index is 11.7. The molecule has 1 aliphatic heterocycles. The van der Waals surface area contributed by atoms with Crippen LogP contribution in [-0.4, -0.2) is 56.4 Å². The number of aliphatic hydroxyl groups excluding tert-OH is 1. The van der Waals surface area contributed by atoms with Gasteiger partial charge >= 0.3 is 0 Å². The zero-order valence-corrected chi connectivity index (χ0v) is 17.0. The van der Waals surface area contributed by atoms with Crippen molar-refractivity contribution in [2.24, 2.45) is 5.92 Å². The van der Waals surface area contributed by atoms with Crippen LogP contribution in [0.2, 0.25) is 0 Å². The van der Waals surface area contributed by atoms with Crippen LogP contribution in [0.5, 0.6) is 0 Å². The third kappa shape index (κ3) is 5.11. The fourth-order valence-electron chi connectivity index (χ4n) is 4.15. The van der Waals surface area contributed by atoms with E-state index in [9.17, 15) is 13.5 Å². The number of hydrogen-bond donors (Lipinski definition) is 2. The van der Waals surface area contributed by atoms with Crippen LogP contribution < -0.4 is 5.32 Å². The van der Waals surface area contributed by atoms with Crippen molar-refractivity contribution in [2.75, 3.05) is 26.5 Å². The molecule has 2 N–H and O–H groups in total. The Hall–Kier alpha value is -1.39. The summed E-state index contributed by atoms with van der Waals surface area (Å²) < 4.78 is 24.7. The molecule has 0 radical (unpaired) electrons. The lowest BCUT2D eigenvalue weighted by molar-refractivity contribution is 0.118. The van der Waals surface area contributed by atoms with Crippen LogP contribution in [0.3, 0.4) is 0 Å². The molecule has 2 aliphatic rings. The summed E-state index contributed by atoms with van der Waals surface area (Å²) in [5, 5.41) is 12.9. The first kappa shape index (κ1) is 20.3. The van der Waals surface area contributed by atoms with E-state index in [1.54, 1.807) is 7.05 Å². The molecule has 3 atom stereocenters. The highest BCUT2D eigenvalue weighted by atomic mass is 32.2. The molecule has 27 heavy (non-hydrogen) atoms. The first-order valence-electron chi connectivity index (χ1n) is 9.75. The van der Waals surface area contributed by atoms with Crippen molar-refractivity contribution in [3.05, 3.63) is 35.4 Å². The van der Waals surface area contributed by atoms with Gasteiger partial charge in [-0.05, 0) is 36.5 Å². The molecule has 0 aromatic heterocycles. The molecule has 3 rings (SSSR count). The molecular formula is C21H30N2O3S. The zero-order valence-electron chi connectivity index (χ0n) is 16.2. The van der Waals surface area contributed by atoms with Gasteiger partial charge in [-0.15, -0.1) is 0 Å². The number of aliphatic hydroxyl groups is 1. The average molecular weight is 391 g/mol. The summed E-state index contributed by atoms with van der Waals surface area (Å²) in [6.07, 6.45) is 7.52. The molecule has 1 saturated heterocycles. The van der Waals surface area contributed by atoms with Crippen molar-refractivity contribution in [3.63, 3.8) is 0 Å². The first-order chi connectivity index (χ1) is 12.9. The Morgan fingerprint density at radius 1 is 1.19 bits per heavy atom. The summed E-state index contributed by atoms with van der Waals surface area (Å²) in [4.78, 5) is 0. The highest BCUT2D eigenvalue weighted by Crippen LogP contribution is 2.33. The molecular weight excluding hydrogens is 360 g/mol. The van der Waals surface area contributed by atoms with Crippen LogP contribution in [-0.2, 0) is 10.0 Å². The van der Waals surface area contributed by atoms with Crippen molar-refractivity contribution in [1.29, 1.82) is 0 Å². The van der Waals surface area contributed by atoms with E-state index in [0.29, 0.717) is 6.54 Å². The molecule has 1 aromatic rings. The van der Waals surface area contributed by atoms with Crippen molar-refractivity contribution < 1.29 is 13.5 Å². The highest BCUT2D eigenvalue weighted by molar-refractivity contribution is 7.88. The molecule has 0 spiro atoms. The Morgan fingerprint density at radius 2 is 1.85 bits per heavy atom. The molecule has 1 heterocycles. The third-order valence-electron chi connectivity index (χ3n) is 5.91. The van der Waals surface area contributed by atoms with Gasteiger partial charge in [0.2, 0.25) is 10.0 Å². The van der Waals surface area contributed by atoms with Crippen LogP contribution in [0, 0.1) is 17.8 Å².